The molecule has 32 heavy (non-hydrogen) atoms. The largest absolute Gasteiger partial charge is 0.456 e. The van der Waals surface area contributed by atoms with E-state index >= 15 is 0 Å². The van der Waals surface area contributed by atoms with Gasteiger partial charge in [0.2, 0.25) is 0 Å². The maximum atomic E-state index is 14.4. The van der Waals surface area contributed by atoms with Gasteiger partial charge in [0.25, 0.3) is 0 Å². The second kappa shape index (κ2) is 8.13. The van der Waals surface area contributed by atoms with Crippen LogP contribution in [0.3, 0.4) is 0 Å². The molecule has 164 valence electrons. The maximum absolute atomic E-state index is 14.4. The third-order valence-corrected chi connectivity index (χ3v) is 6.27. The Hall–Kier alpha value is -3.63. The van der Waals surface area contributed by atoms with Gasteiger partial charge in [0.15, 0.2) is 5.82 Å². The average molecular weight is 452 g/mol. The highest BCUT2D eigenvalue weighted by Crippen LogP contribution is 2.35. The average Bonchev–Trinajstić information content (AvgIpc) is 3.41. The molecular weight excluding hydrogens is 429 g/mol. The lowest BCUT2D eigenvalue weighted by molar-refractivity contribution is 0.279. The second-order valence-corrected chi connectivity index (χ2v) is 8.48. The van der Waals surface area contributed by atoms with Crippen LogP contribution in [-0.2, 0) is 6.61 Å². The van der Waals surface area contributed by atoms with Crippen molar-refractivity contribution in [2.45, 2.75) is 27.4 Å². The number of pyridine rings is 1. The Labute approximate surface area is 189 Å². The highest BCUT2D eigenvalue weighted by atomic mass is 32.1. The Kier molecular flexibility index (Phi) is 5.16. The van der Waals surface area contributed by atoms with Crippen LogP contribution in [-0.4, -0.2) is 19.9 Å². The van der Waals surface area contributed by atoms with E-state index in [1.54, 1.807) is 6.20 Å². The summed E-state index contributed by atoms with van der Waals surface area (Å²) in [5.41, 5.74) is 14.2. The molecule has 0 saturated carbocycles. The number of nitrogens with one attached hydrogen (secondary N) is 3. The van der Waals surface area contributed by atoms with Crippen molar-refractivity contribution in [2.75, 3.05) is 10.9 Å². The SMILES string of the molecule is Cc1cnc(OCc2nc(C)c(-c3cccc(-c4cc(F)c5c(c4)NNN5)n3)s2)nc1C.[HH]. The Balaban J connectivity index is 0.00000259. The lowest BCUT2D eigenvalue weighted by atomic mass is 10.1. The third-order valence-electron chi connectivity index (χ3n) is 5.12. The summed E-state index contributed by atoms with van der Waals surface area (Å²) in [7, 11) is 0. The quantitative estimate of drug-likeness (QED) is 0.398. The third kappa shape index (κ3) is 3.85. The van der Waals surface area contributed by atoms with Crippen LogP contribution in [0.15, 0.2) is 36.5 Å². The number of benzene rings is 1. The molecule has 0 amide bonds. The van der Waals surface area contributed by atoms with Gasteiger partial charge in [-0.1, -0.05) is 6.07 Å². The summed E-state index contributed by atoms with van der Waals surface area (Å²) in [6.07, 6.45) is 1.75. The first kappa shape index (κ1) is 20.3. The number of nitrogens with zero attached hydrogens (tertiary/aromatic N) is 4. The van der Waals surface area contributed by atoms with Crippen molar-refractivity contribution in [3.63, 3.8) is 0 Å². The Morgan fingerprint density at radius 2 is 1.88 bits per heavy atom. The van der Waals surface area contributed by atoms with Crippen molar-refractivity contribution in [2.24, 2.45) is 0 Å². The molecule has 4 aromatic rings. The highest BCUT2D eigenvalue weighted by Gasteiger charge is 2.18. The summed E-state index contributed by atoms with van der Waals surface area (Å²) >= 11 is 1.51. The highest BCUT2D eigenvalue weighted by molar-refractivity contribution is 7.15. The number of aromatic nitrogens is 4. The van der Waals surface area contributed by atoms with Crippen LogP contribution in [0, 0.1) is 26.6 Å². The van der Waals surface area contributed by atoms with Crippen LogP contribution >= 0.6 is 11.3 Å². The number of hydrazine groups is 2. The lowest BCUT2D eigenvalue weighted by Gasteiger charge is -2.07. The van der Waals surface area contributed by atoms with Gasteiger partial charge in [-0.2, -0.15) is 0 Å². The van der Waals surface area contributed by atoms with E-state index in [-0.39, 0.29) is 13.9 Å². The molecule has 0 aliphatic carbocycles. The van der Waals surface area contributed by atoms with Crippen LogP contribution in [0.2, 0.25) is 0 Å². The van der Waals surface area contributed by atoms with Crippen LogP contribution in [0.4, 0.5) is 15.8 Å². The molecule has 0 unspecified atom stereocenters. The minimum atomic E-state index is -0.357. The van der Waals surface area contributed by atoms with Gasteiger partial charge in [0, 0.05) is 18.9 Å². The zero-order valence-corrected chi connectivity index (χ0v) is 18.5. The summed E-state index contributed by atoms with van der Waals surface area (Å²) in [5.74, 6) is -0.357. The van der Waals surface area contributed by atoms with Crippen LogP contribution in [0.25, 0.3) is 21.8 Å². The number of anilines is 2. The summed E-state index contributed by atoms with van der Waals surface area (Å²) in [6, 6.07) is 9.34. The molecule has 0 saturated heterocycles. The van der Waals surface area contributed by atoms with Gasteiger partial charge >= 0.3 is 6.01 Å². The Bertz CT molecular complexity index is 1330. The van der Waals surface area contributed by atoms with Gasteiger partial charge in [0.1, 0.15) is 17.3 Å². The molecule has 1 aliphatic heterocycles. The van der Waals surface area contributed by atoms with Crippen LogP contribution in [0.5, 0.6) is 6.01 Å². The zero-order chi connectivity index (χ0) is 22.2. The van der Waals surface area contributed by atoms with E-state index in [2.05, 4.69) is 31.3 Å². The number of aryl methyl sites for hydroxylation is 3. The first-order chi connectivity index (χ1) is 15.5. The monoisotopic (exact) mass is 451 g/mol. The summed E-state index contributed by atoms with van der Waals surface area (Å²) in [6.45, 7) is 6.09. The molecule has 0 radical (unpaired) electrons. The minimum Gasteiger partial charge on any atom is -0.456 e. The molecular formula is C22H22FN7OS. The number of fused-ring (bicyclic) bond motifs is 1. The van der Waals surface area contributed by atoms with Crippen molar-refractivity contribution in [3.8, 4) is 27.8 Å². The van der Waals surface area contributed by atoms with E-state index in [0.29, 0.717) is 28.6 Å². The van der Waals surface area contributed by atoms with Gasteiger partial charge < -0.3 is 10.2 Å². The summed E-state index contributed by atoms with van der Waals surface area (Å²) in [4.78, 5) is 18.9. The van der Waals surface area contributed by atoms with Gasteiger partial charge in [-0.3, -0.25) is 5.43 Å². The normalized spacial score (nSPS) is 12.2. The molecule has 0 spiro atoms. The van der Waals surface area contributed by atoms with Crippen molar-refractivity contribution in [1.82, 2.24) is 25.5 Å². The maximum Gasteiger partial charge on any atom is 0.316 e. The predicted octanol–water partition coefficient (Wildman–Crippen LogP) is 4.81. The predicted molar refractivity (Wildman–Crippen MR) is 124 cm³/mol. The molecule has 3 aromatic heterocycles. The molecule has 0 fully saturated rings. The molecule has 5 rings (SSSR count). The fraction of sp³-hybridized carbons (Fsp3) is 0.182. The molecule has 0 atom stereocenters. The Morgan fingerprint density at radius 3 is 2.72 bits per heavy atom. The number of hydrogen-bond donors (Lipinski definition) is 3. The number of rotatable bonds is 5. The Morgan fingerprint density at radius 1 is 1.03 bits per heavy atom. The molecule has 1 aliphatic rings. The molecule has 8 nitrogen and oxygen atoms in total. The van der Waals surface area contributed by atoms with Crippen LogP contribution in [0.1, 0.15) is 23.4 Å². The number of halogens is 1. The lowest BCUT2D eigenvalue weighted by Crippen LogP contribution is -2.19. The molecule has 4 heterocycles. The fourth-order valence-electron chi connectivity index (χ4n) is 3.32. The van der Waals surface area contributed by atoms with Gasteiger partial charge in [-0.15, -0.1) is 16.9 Å². The smallest absolute Gasteiger partial charge is 0.316 e. The fourth-order valence-corrected chi connectivity index (χ4v) is 4.26. The number of ether oxygens (including phenoxy) is 1. The molecule has 1 aromatic carbocycles. The first-order valence-electron chi connectivity index (χ1n) is 9.95. The molecule has 3 N–H and O–H groups in total. The van der Waals surface area contributed by atoms with E-state index in [1.165, 1.54) is 17.4 Å². The second-order valence-electron chi connectivity index (χ2n) is 7.40. The molecule has 0 bridgehead atoms. The van der Waals surface area contributed by atoms with Crippen molar-refractivity contribution < 1.29 is 10.6 Å². The molecule has 10 heteroatoms. The topological polar surface area (TPSA) is 96.9 Å². The van der Waals surface area contributed by atoms with Gasteiger partial charge in [0.05, 0.1) is 27.6 Å². The summed E-state index contributed by atoms with van der Waals surface area (Å²) in [5, 5.41) is 0.802. The first-order valence-corrected chi connectivity index (χ1v) is 10.8. The van der Waals surface area contributed by atoms with Gasteiger partial charge in [-0.05, 0) is 50.6 Å². The van der Waals surface area contributed by atoms with Crippen LogP contribution < -0.4 is 21.1 Å². The summed E-state index contributed by atoms with van der Waals surface area (Å²) < 4.78 is 20.1. The van der Waals surface area contributed by atoms with E-state index in [1.807, 2.05) is 45.0 Å². The minimum absolute atomic E-state index is 0. The van der Waals surface area contributed by atoms with Gasteiger partial charge in [-0.25, -0.2) is 24.3 Å². The standard InChI is InChI=1S/C22H20FN7OS.H2/c1-11-9-24-22(26-12(11)2)31-10-19-25-13(3)21(32-19)17-6-4-5-16(27-17)14-7-15(23)20-18(8-14)28-30-29-20;/h4-9,28-30H,10H2,1-3H3;1H. The van der Waals surface area contributed by atoms with Crippen molar-refractivity contribution in [3.05, 3.63) is 64.3 Å². The number of hydrogen-bond acceptors (Lipinski definition) is 9. The van der Waals surface area contributed by atoms with Crippen molar-refractivity contribution >= 4 is 22.7 Å². The zero-order valence-electron chi connectivity index (χ0n) is 17.7. The van der Waals surface area contributed by atoms with Crippen molar-refractivity contribution in [1.29, 1.82) is 0 Å². The van der Waals surface area contributed by atoms with E-state index in [0.717, 1.165) is 32.5 Å². The number of thiazole rings is 1. The van der Waals surface area contributed by atoms with E-state index in [4.69, 9.17) is 9.72 Å². The van der Waals surface area contributed by atoms with E-state index < -0.39 is 0 Å². The van der Waals surface area contributed by atoms with E-state index in [9.17, 15) is 4.39 Å².